The molecule has 21 heavy (non-hydrogen) atoms. The summed E-state index contributed by atoms with van der Waals surface area (Å²) in [7, 11) is 0. The first kappa shape index (κ1) is 15.2. The van der Waals surface area contributed by atoms with E-state index in [9.17, 15) is 9.59 Å². The van der Waals surface area contributed by atoms with Crippen LogP contribution in [-0.2, 0) is 9.59 Å². The van der Waals surface area contributed by atoms with E-state index in [4.69, 9.17) is 9.47 Å². The van der Waals surface area contributed by atoms with Crippen molar-refractivity contribution >= 4 is 17.5 Å². The van der Waals surface area contributed by atoms with E-state index in [1.807, 2.05) is 13.8 Å². The normalized spacial score (nSPS) is 13.0. The Kier molecular flexibility index (Phi) is 4.67. The number of hydrogen-bond donors (Lipinski definition) is 1. The SMILES string of the molecule is CC(=O)N(CC(=O)Nc1ccc2c(c1)OCCO2)C(C)C. The largest absolute Gasteiger partial charge is 0.486 e. The first-order valence-electron chi connectivity index (χ1n) is 6.94. The molecule has 0 fully saturated rings. The number of carbonyl (C=O) groups is 2. The molecule has 0 atom stereocenters. The van der Waals surface area contributed by atoms with Crippen LogP contribution in [0.25, 0.3) is 0 Å². The second-order valence-corrected chi connectivity index (χ2v) is 5.15. The second-order valence-electron chi connectivity index (χ2n) is 5.15. The van der Waals surface area contributed by atoms with Crippen LogP contribution in [0.1, 0.15) is 20.8 Å². The van der Waals surface area contributed by atoms with Crippen LogP contribution < -0.4 is 14.8 Å². The molecule has 0 unspecified atom stereocenters. The number of nitrogens with zero attached hydrogens (tertiary/aromatic N) is 1. The zero-order valence-electron chi connectivity index (χ0n) is 12.5. The summed E-state index contributed by atoms with van der Waals surface area (Å²) in [5.74, 6) is 0.927. The number of ether oxygens (including phenoxy) is 2. The van der Waals surface area contributed by atoms with Crippen molar-refractivity contribution in [2.75, 3.05) is 25.1 Å². The molecule has 0 saturated carbocycles. The first-order valence-corrected chi connectivity index (χ1v) is 6.94. The van der Waals surface area contributed by atoms with Gasteiger partial charge < -0.3 is 19.7 Å². The lowest BCUT2D eigenvalue weighted by atomic mass is 10.2. The van der Waals surface area contributed by atoms with Crippen molar-refractivity contribution in [2.45, 2.75) is 26.8 Å². The molecule has 2 rings (SSSR count). The third kappa shape index (κ3) is 3.87. The van der Waals surface area contributed by atoms with E-state index in [0.717, 1.165) is 0 Å². The van der Waals surface area contributed by atoms with Crippen molar-refractivity contribution in [2.24, 2.45) is 0 Å². The van der Waals surface area contributed by atoms with Crippen LogP contribution in [0.5, 0.6) is 11.5 Å². The Morgan fingerprint density at radius 3 is 2.52 bits per heavy atom. The van der Waals surface area contributed by atoms with Gasteiger partial charge in [0.05, 0.1) is 0 Å². The minimum Gasteiger partial charge on any atom is -0.486 e. The monoisotopic (exact) mass is 292 g/mol. The quantitative estimate of drug-likeness (QED) is 0.916. The van der Waals surface area contributed by atoms with Crippen LogP contribution in [-0.4, -0.2) is 42.5 Å². The third-order valence-corrected chi connectivity index (χ3v) is 3.17. The number of benzene rings is 1. The maximum atomic E-state index is 12.0. The standard InChI is InChI=1S/C15H20N2O4/c1-10(2)17(11(3)18)9-15(19)16-12-4-5-13-14(8-12)21-7-6-20-13/h4-5,8,10H,6-7,9H2,1-3H3,(H,16,19). The van der Waals surface area contributed by atoms with Gasteiger partial charge in [-0.25, -0.2) is 0 Å². The Bertz CT molecular complexity index is 542. The zero-order chi connectivity index (χ0) is 15.4. The summed E-state index contributed by atoms with van der Waals surface area (Å²) in [6, 6.07) is 5.21. The van der Waals surface area contributed by atoms with E-state index in [1.165, 1.54) is 11.8 Å². The van der Waals surface area contributed by atoms with Crippen molar-refractivity contribution in [3.63, 3.8) is 0 Å². The van der Waals surface area contributed by atoms with Crippen LogP contribution in [0.3, 0.4) is 0 Å². The average molecular weight is 292 g/mol. The minimum absolute atomic E-state index is 0.0199. The summed E-state index contributed by atoms with van der Waals surface area (Å²) in [6.07, 6.45) is 0. The van der Waals surface area contributed by atoms with Gasteiger partial charge in [-0.3, -0.25) is 9.59 Å². The summed E-state index contributed by atoms with van der Waals surface area (Å²) in [4.78, 5) is 25.0. The van der Waals surface area contributed by atoms with Gasteiger partial charge in [0.1, 0.15) is 19.8 Å². The third-order valence-electron chi connectivity index (χ3n) is 3.17. The van der Waals surface area contributed by atoms with Gasteiger partial charge in [0.2, 0.25) is 11.8 Å². The Labute approximate surface area is 124 Å². The molecule has 0 bridgehead atoms. The molecule has 0 saturated heterocycles. The number of hydrogen-bond acceptors (Lipinski definition) is 4. The summed E-state index contributed by atoms with van der Waals surface area (Å²) in [5, 5.41) is 2.76. The van der Waals surface area contributed by atoms with Gasteiger partial charge >= 0.3 is 0 Å². The van der Waals surface area contributed by atoms with Gasteiger partial charge in [-0.05, 0) is 26.0 Å². The van der Waals surface area contributed by atoms with Crippen LogP contribution in [0, 0.1) is 0 Å². The number of anilines is 1. The molecule has 6 heteroatoms. The Balaban J connectivity index is 2.01. The summed E-state index contributed by atoms with van der Waals surface area (Å²) >= 11 is 0. The highest BCUT2D eigenvalue weighted by atomic mass is 16.6. The molecule has 0 spiro atoms. The van der Waals surface area contributed by atoms with E-state index >= 15 is 0 Å². The zero-order valence-corrected chi connectivity index (χ0v) is 12.5. The van der Waals surface area contributed by atoms with Gasteiger partial charge in [-0.2, -0.15) is 0 Å². The minimum atomic E-state index is -0.240. The number of fused-ring (bicyclic) bond motifs is 1. The molecule has 1 N–H and O–H groups in total. The Morgan fingerprint density at radius 2 is 1.90 bits per heavy atom. The predicted octanol–water partition coefficient (Wildman–Crippen LogP) is 1.65. The first-order chi connectivity index (χ1) is 9.97. The number of rotatable bonds is 4. The van der Waals surface area contributed by atoms with Crippen molar-refractivity contribution < 1.29 is 19.1 Å². The number of carbonyl (C=O) groups excluding carboxylic acids is 2. The molecule has 0 aliphatic carbocycles. The lowest BCUT2D eigenvalue weighted by Gasteiger charge is -2.24. The van der Waals surface area contributed by atoms with Gasteiger partial charge in [-0.1, -0.05) is 0 Å². The van der Waals surface area contributed by atoms with E-state index in [2.05, 4.69) is 5.32 Å². The summed E-state index contributed by atoms with van der Waals surface area (Å²) in [6.45, 7) is 6.26. The van der Waals surface area contributed by atoms with E-state index in [1.54, 1.807) is 18.2 Å². The van der Waals surface area contributed by atoms with E-state index < -0.39 is 0 Å². The van der Waals surface area contributed by atoms with Crippen molar-refractivity contribution in [1.29, 1.82) is 0 Å². The smallest absolute Gasteiger partial charge is 0.244 e. The highest BCUT2D eigenvalue weighted by Gasteiger charge is 2.17. The van der Waals surface area contributed by atoms with Gasteiger partial charge in [-0.15, -0.1) is 0 Å². The topological polar surface area (TPSA) is 67.9 Å². The van der Waals surface area contributed by atoms with Crippen LogP contribution in [0.2, 0.25) is 0 Å². The second kappa shape index (κ2) is 6.47. The fourth-order valence-electron chi connectivity index (χ4n) is 2.13. The molecule has 1 aromatic rings. The molecule has 1 aromatic carbocycles. The highest BCUT2D eigenvalue weighted by Crippen LogP contribution is 2.32. The fraction of sp³-hybridized carbons (Fsp3) is 0.467. The van der Waals surface area contributed by atoms with Gasteiger partial charge in [0.15, 0.2) is 11.5 Å². The molecule has 0 aromatic heterocycles. The van der Waals surface area contributed by atoms with Gasteiger partial charge in [0.25, 0.3) is 0 Å². The van der Waals surface area contributed by atoms with Crippen molar-refractivity contribution in [3.05, 3.63) is 18.2 Å². The average Bonchev–Trinajstić information content (AvgIpc) is 2.44. The van der Waals surface area contributed by atoms with Gasteiger partial charge in [0, 0.05) is 24.7 Å². The predicted molar refractivity (Wildman–Crippen MR) is 78.6 cm³/mol. The van der Waals surface area contributed by atoms with Crippen molar-refractivity contribution in [1.82, 2.24) is 4.90 Å². The lowest BCUT2D eigenvalue weighted by molar-refractivity contribution is -0.134. The molecule has 114 valence electrons. The Hall–Kier alpha value is -2.24. The van der Waals surface area contributed by atoms with E-state index in [0.29, 0.717) is 30.4 Å². The van der Waals surface area contributed by atoms with Crippen LogP contribution in [0.4, 0.5) is 5.69 Å². The van der Waals surface area contributed by atoms with Crippen LogP contribution >= 0.6 is 0 Å². The number of nitrogens with one attached hydrogen (secondary N) is 1. The fourth-order valence-corrected chi connectivity index (χ4v) is 2.13. The molecular weight excluding hydrogens is 272 g/mol. The number of amides is 2. The molecule has 1 heterocycles. The molecule has 1 aliphatic rings. The molecule has 2 amide bonds. The lowest BCUT2D eigenvalue weighted by Crippen LogP contribution is -2.41. The highest BCUT2D eigenvalue weighted by molar-refractivity contribution is 5.94. The van der Waals surface area contributed by atoms with E-state index in [-0.39, 0.29) is 24.4 Å². The van der Waals surface area contributed by atoms with Crippen LogP contribution in [0.15, 0.2) is 18.2 Å². The molecule has 0 radical (unpaired) electrons. The summed E-state index contributed by atoms with van der Waals surface area (Å²) < 4.78 is 10.9. The molecular formula is C15H20N2O4. The molecule has 1 aliphatic heterocycles. The summed E-state index contributed by atoms with van der Waals surface area (Å²) in [5.41, 5.74) is 0.622. The van der Waals surface area contributed by atoms with Crippen molar-refractivity contribution in [3.8, 4) is 11.5 Å². The Morgan fingerprint density at radius 1 is 1.24 bits per heavy atom. The maximum Gasteiger partial charge on any atom is 0.244 e. The molecule has 6 nitrogen and oxygen atoms in total. The maximum absolute atomic E-state index is 12.0.